The van der Waals surface area contributed by atoms with E-state index in [0.29, 0.717) is 26.1 Å². The Labute approximate surface area is 138 Å². The van der Waals surface area contributed by atoms with Crippen LogP contribution in [0.4, 0.5) is 8.78 Å². The third-order valence-electron chi connectivity index (χ3n) is 4.57. The van der Waals surface area contributed by atoms with E-state index in [-0.39, 0.29) is 23.1 Å². The Balaban J connectivity index is 1.79. The molecule has 1 atom stereocenters. The van der Waals surface area contributed by atoms with Crippen LogP contribution in [0, 0.1) is 17.0 Å². The molecule has 128 valence electrons. The van der Waals surface area contributed by atoms with E-state index in [0.717, 1.165) is 18.2 Å². The van der Waals surface area contributed by atoms with E-state index in [9.17, 15) is 18.4 Å². The molecule has 24 heavy (non-hydrogen) atoms. The highest BCUT2D eigenvalue weighted by Crippen LogP contribution is 2.35. The number of rotatable bonds is 3. The number of benzene rings is 1. The number of ketones is 1. The van der Waals surface area contributed by atoms with Crippen molar-refractivity contribution in [3.63, 3.8) is 0 Å². The maximum Gasteiger partial charge on any atom is 0.239 e. The standard InChI is InChI=1S/C17H18F2N2O3/c1-10(12-8-11(18)2-3-13(12)19)20-15-9-14(22)17(16(23)21-15)4-6-24-7-5-17/h2-3,8-10,20H,4-7H2,1H3,(H,21,23)/t10-/m0/s1. The zero-order valence-corrected chi connectivity index (χ0v) is 13.2. The van der Waals surface area contributed by atoms with Crippen LogP contribution in [0.2, 0.25) is 0 Å². The summed E-state index contributed by atoms with van der Waals surface area (Å²) in [5.41, 5.74) is -0.958. The molecule has 2 N–H and O–H groups in total. The predicted molar refractivity (Wildman–Crippen MR) is 81.6 cm³/mol. The number of nitrogens with one attached hydrogen (secondary N) is 2. The van der Waals surface area contributed by atoms with Crippen molar-refractivity contribution in [2.24, 2.45) is 5.41 Å². The van der Waals surface area contributed by atoms with Gasteiger partial charge in [0.25, 0.3) is 0 Å². The van der Waals surface area contributed by atoms with Gasteiger partial charge in [0.2, 0.25) is 5.91 Å². The molecule has 7 heteroatoms. The van der Waals surface area contributed by atoms with E-state index < -0.39 is 23.1 Å². The van der Waals surface area contributed by atoms with E-state index in [1.54, 1.807) is 6.92 Å². The first-order valence-corrected chi connectivity index (χ1v) is 7.79. The molecule has 5 nitrogen and oxygen atoms in total. The molecule has 0 aliphatic carbocycles. The van der Waals surface area contributed by atoms with Crippen LogP contribution in [-0.4, -0.2) is 24.9 Å². The van der Waals surface area contributed by atoms with Crippen molar-refractivity contribution >= 4 is 11.7 Å². The highest BCUT2D eigenvalue weighted by Gasteiger charge is 2.48. The van der Waals surface area contributed by atoms with Gasteiger partial charge in [-0.3, -0.25) is 9.59 Å². The van der Waals surface area contributed by atoms with Crippen LogP contribution < -0.4 is 10.6 Å². The Morgan fingerprint density at radius 3 is 2.62 bits per heavy atom. The number of amides is 1. The fourth-order valence-electron chi connectivity index (χ4n) is 3.09. The van der Waals surface area contributed by atoms with E-state index in [1.807, 2.05) is 0 Å². The molecule has 1 aromatic rings. The molecule has 1 amide bonds. The quantitative estimate of drug-likeness (QED) is 0.828. The fraction of sp³-hybridized carbons (Fsp3) is 0.412. The minimum atomic E-state index is -1.07. The molecule has 0 aromatic heterocycles. The summed E-state index contributed by atoms with van der Waals surface area (Å²) in [6.45, 7) is 2.34. The Bertz CT molecular complexity index is 712. The first-order valence-electron chi connectivity index (χ1n) is 7.79. The summed E-state index contributed by atoms with van der Waals surface area (Å²) in [5, 5.41) is 5.52. The molecule has 2 aliphatic heterocycles. The number of halogens is 2. The molecule has 1 fully saturated rings. The van der Waals surface area contributed by atoms with Gasteiger partial charge in [0.15, 0.2) is 5.78 Å². The van der Waals surface area contributed by atoms with Crippen LogP contribution in [-0.2, 0) is 14.3 Å². The van der Waals surface area contributed by atoms with Crippen molar-refractivity contribution in [1.29, 1.82) is 0 Å². The van der Waals surface area contributed by atoms with Crippen molar-refractivity contribution in [3.8, 4) is 0 Å². The highest BCUT2D eigenvalue weighted by molar-refractivity contribution is 6.14. The predicted octanol–water partition coefficient (Wildman–Crippen LogP) is 1.95. The van der Waals surface area contributed by atoms with Gasteiger partial charge in [-0.1, -0.05) is 0 Å². The summed E-state index contributed by atoms with van der Waals surface area (Å²) >= 11 is 0. The van der Waals surface area contributed by atoms with Crippen LogP contribution in [0.5, 0.6) is 0 Å². The second-order valence-corrected chi connectivity index (χ2v) is 6.10. The summed E-state index contributed by atoms with van der Waals surface area (Å²) in [6.07, 6.45) is 2.01. The average molecular weight is 336 g/mol. The van der Waals surface area contributed by atoms with Crippen LogP contribution in [0.1, 0.15) is 31.4 Å². The van der Waals surface area contributed by atoms with E-state index in [4.69, 9.17) is 4.74 Å². The normalized spacial score (nSPS) is 21.2. The van der Waals surface area contributed by atoms with Crippen molar-refractivity contribution < 1.29 is 23.1 Å². The van der Waals surface area contributed by atoms with Gasteiger partial charge in [-0.2, -0.15) is 0 Å². The summed E-state index contributed by atoms with van der Waals surface area (Å²) in [6, 6.07) is 2.54. The molecule has 2 heterocycles. The zero-order valence-electron chi connectivity index (χ0n) is 13.2. The molecule has 0 unspecified atom stereocenters. The molecule has 2 aliphatic rings. The highest BCUT2D eigenvalue weighted by atomic mass is 19.1. The summed E-state index contributed by atoms with van der Waals surface area (Å²) in [7, 11) is 0. The maximum atomic E-state index is 13.8. The van der Waals surface area contributed by atoms with Crippen molar-refractivity contribution in [2.75, 3.05) is 13.2 Å². The minimum Gasteiger partial charge on any atom is -0.381 e. The van der Waals surface area contributed by atoms with Gasteiger partial charge in [0.05, 0.1) is 6.04 Å². The summed E-state index contributed by atoms with van der Waals surface area (Å²) < 4.78 is 32.3. The lowest BCUT2D eigenvalue weighted by atomic mass is 9.74. The second-order valence-electron chi connectivity index (χ2n) is 6.10. The third-order valence-corrected chi connectivity index (χ3v) is 4.57. The molecule has 0 saturated carbocycles. The Kier molecular flexibility index (Phi) is 4.36. The topological polar surface area (TPSA) is 67.4 Å². The lowest BCUT2D eigenvalue weighted by molar-refractivity contribution is -0.146. The fourth-order valence-corrected chi connectivity index (χ4v) is 3.09. The number of allylic oxidation sites excluding steroid dienone is 1. The van der Waals surface area contributed by atoms with Crippen molar-refractivity contribution in [2.45, 2.75) is 25.8 Å². The maximum absolute atomic E-state index is 13.8. The van der Waals surface area contributed by atoms with Gasteiger partial charge in [-0.05, 0) is 38.0 Å². The van der Waals surface area contributed by atoms with Crippen LogP contribution in [0.3, 0.4) is 0 Å². The van der Waals surface area contributed by atoms with Gasteiger partial charge < -0.3 is 15.4 Å². The molecular formula is C17H18F2N2O3. The molecular weight excluding hydrogens is 318 g/mol. The van der Waals surface area contributed by atoms with E-state index in [2.05, 4.69) is 10.6 Å². The lowest BCUT2D eigenvalue weighted by Gasteiger charge is -2.37. The van der Waals surface area contributed by atoms with Gasteiger partial charge in [0.1, 0.15) is 22.9 Å². The largest absolute Gasteiger partial charge is 0.381 e. The Morgan fingerprint density at radius 2 is 1.96 bits per heavy atom. The smallest absolute Gasteiger partial charge is 0.239 e. The minimum absolute atomic E-state index is 0.115. The first-order chi connectivity index (χ1) is 11.4. The molecule has 1 saturated heterocycles. The SMILES string of the molecule is C[C@H](NC1=CC(=O)C2(CCOCC2)C(=O)N1)c1cc(F)ccc1F. The summed E-state index contributed by atoms with van der Waals surface area (Å²) in [4.78, 5) is 24.9. The zero-order chi connectivity index (χ0) is 17.3. The molecule has 0 radical (unpaired) electrons. The van der Waals surface area contributed by atoms with Crippen LogP contribution in [0.25, 0.3) is 0 Å². The molecule has 1 aromatic carbocycles. The van der Waals surface area contributed by atoms with Gasteiger partial charge in [-0.25, -0.2) is 8.78 Å². The molecule has 1 spiro atoms. The Hall–Kier alpha value is -2.28. The Morgan fingerprint density at radius 1 is 1.25 bits per heavy atom. The number of hydrogen-bond donors (Lipinski definition) is 2. The number of carbonyl (C=O) groups is 2. The van der Waals surface area contributed by atoms with Gasteiger partial charge in [-0.15, -0.1) is 0 Å². The summed E-state index contributed by atoms with van der Waals surface area (Å²) in [5.74, 6) is -1.60. The lowest BCUT2D eigenvalue weighted by Crippen LogP contribution is -2.54. The van der Waals surface area contributed by atoms with E-state index >= 15 is 0 Å². The third kappa shape index (κ3) is 2.91. The van der Waals surface area contributed by atoms with Gasteiger partial charge in [0, 0.05) is 24.9 Å². The van der Waals surface area contributed by atoms with Crippen LogP contribution in [0.15, 0.2) is 30.1 Å². The second kappa shape index (κ2) is 6.32. The van der Waals surface area contributed by atoms with Gasteiger partial charge >= 0.3 is 0 Å². The average Bonchev–Trinajstić information content (AvgIpc) is 2.56. The monoisotopic (exact) mass is 336 g/mol. The number of hydrogen-bond acceptors (Lipinski definition) is 4. The van der Waals surface area contributed by atoms with Crippen molar-refractivity contribution in [1.82, 2.24) is 10.6 Å². The molecule has 0 bridgehead atoms. The van der Waals surface area contributed by atoms with E-state index in [1.165, 1.54) is 6.08 Å². The molecule has 3 rings (SSSR count). The first kappa shape index (κ1) is 16.6. The van der Waals surface area contributed by atoms with Crippen molar-refractivity contribution in [3.05, 3.63) is 47.3 Å². The number of ether oxygens (including phenoxy) is 1. The van der Waals surface area contributed by atoms with Crippen LogP contribution >= 0.6 is 0 Å². The number of carbonyl (C=O) groups excluding carboxylic acids is 2.